The van der Waals surface area contributed by atoms with Gasteiger partial charge in [0, 0.05) is 23.7 Å². The van der Waals surface area contributed by atoms with Crippen molar-refractivity contribution < 1.29 is 9.21 Å². The third-order valence-electron chi connectivity index (χ3n) is 2.78. The van der Waals surface area contributed by atoms with Crippen molar-refractivity contribution in [2.45, 2.75) is 6.42 Å². The molecule has 0 unspecified atom stereocenters. The van der Waals surface area contributed by atoms with Crippen molar-refractivity contribution in [2.75, 3.05) is 12.3 Å². The Balaban J connectivity index is 1.90. The number of oxazole rings is 1. The number of hydrogen-bond donors (Lipinski definition) is 2. The molecule has 1 aliphatic heterocycles. The topological polar surface area (TPSA) is 118 Å². The second-order valence-electron chi connectivity index (χ2n) is 4.08. The standard InChI is InChI=1S/C12H9N5O2S/c13-3-7-10(14)19-11(16-7)8-5-20-12(17-8)9(18)6-1-2-15-4-6/h4-5,15H,1-2,14H2. The first-order valence-electron chi connectivity index (χ1n) is 5.78. The zero-order valence-corrected chi connectivity index (χ0v) is 11.0. The summed E-state index contributed by atoms with van der Waals surface area (Å²) < 4.78 is 5.16. The van der Waals surface area contributed by atoms with Gasteiger partial charge in [-0.1, -0.05) is 0 Å². The number of thiazole rings is 1. The Morgan fingerprint density at radius 1 is 1.55 bits per heavy atom. The van der Waals surface area contributed by atoms with E-state index in [0.717, 1.165) is 6.54 Å². The van der Waals surface area contributed by atoms with Gasteiger partial charge in [0.05, 0.1) is 0 Å². The Bertz CT molecular complexity index is 752. The van der Waals surface area contributed by atoms with Gasteiger partial charge in [0.2, 0.25) is 23.3 Å². The normalized spacial score (nSPS) is 13.7. The molecule has 2 aromatic heterocycles. The van der Waals surface area contributed by atoms with Crippen LogP contribution in [0.2, 0.25) is 0 Å². The number of hydrogen-bond acceptors (Lipinski definition) is 8. The lowest BCUT2D eigenvalue weighted by Gasteiger charge is -1.94. The van der Waals surface area contributed by atoms with E-state index >= 15 is 0 Å². The van der Waals surface area contributed by atoms with E-state index in [2.05, 4.69) is 15.3 Å². The summed E-state index contributed by atoms with van der Waals surface area (Å²) in [7, 11) is 0. The highest BCUT2D eigenvalue weighted by molar-refractivity contribution is 7.12. The number of aromatic nitrogens is 2. The number of rotatable bonds is 3. The van der Waals surface area contributed by atoms with Crippen LogP contribution in [0.3, 0.4) is 0 Å². The molecule has 0 fully saturated rings. The van der Waals surface area contributed by atoms with E-state index in [1.54, 1.807) is 11.6 Å². The first kappa shape index (κ1) is 12.4. The Hall–Kier alpha value is -2.66. The molecule has 0 spiro atoms. The van der Waals surface area contributed by atoms with E-state index in [4.69, 9.17) is 15.4 Å². The van der Waals surface area contributed by atoms with Crippen LogP contribution in [0.1, 0.15) is 21.9 Å². The fourth-order valence-corrected chi connectivity index (χ4v) is 2.55. The Labute approximate surface area is 117 Å². The molecule has 0 bridgehead atoms. The number of nitriles is 1. The van der Waals surface area contributed by atoms with Gasteiger partial charge in [-0.25, -0.2) is 4.98 Å². The minimum absolute atomic E-state index is 0.0172. The number of nitrogens with zero attached hydrogens (tertiary/aromatic N) is 3. The predicted molar refractivity (Wildman–Crippen MR) is 71.8 cm³/mol. The molecule has 20 heavy (non-hydrogen) atoms. The number of nitrogens with one attached hydrogen (secondary N) is 1. The van der Waals surface area contributed by atoms with Gasteiger partial charge in [0.25, 0.3) is 0 Å². The predicted octanol–water partition coefficient (Wildman–Crippen LogP) is 1.31. The molecule has 0 saturated heterocycles. The summed E-state index contributed by atoms with van der Waals surface area (Å²) in [6, 6.07) is 1.82. The zero-order chi connectivity index (χ0) is 14.1. The molecule has 0 aromatic carbocycles. The second-order valence-corrected chi connectivity index (χ2v) is 4.94. The molecule has 0 saturated carbocycles. The van der Waals surface area contributed by atoms with Crippen LogP contribution in [0.4, 0.5) is 5.88 Å². The molecule has 3 rings (SSSR count). The molecule has 7 nitrogen and oxygen atoms in total. The Kier molecular flexibility index (Phi) is 2.96. The molecule has 3 N–H and O–H groups in total. The van der Waals surface area contributed by atoms with Crippen LogP contribution < -0.4 is 11.1 Å². The summed E-state index contributed by atoms with van der Waals surface area (Å²) in [5.74, 6) is -0.00904. The number of anilines is 1. The van der Waals surface area contributed by atoms with E-state index in [1.165, 1.54) is 11.3 Å². The van der Waals surface area contributed by atoms with Crippen molar-refractivity contribution in [3.8, 4) is 17.7 Å². The lowest BCUT2D eigenvalue weighted by molar-refractivity contribution is 0.103. The van der Waals surface area contributed by atoms with Crippen molar-refractivity contribution in [1.82, 2.24) is 15.3 Å². The average Bonchev–Trinajstić information content (AvgIpc) is 3.18. The minimum atomic E-state index is -0.105. The van der Waals surface area contributed by atoms with Crippen molar-refractivity contribution in [2.24, 2.45) is 0 Å². The van der Waals surface area contributed by atoms with Gasteiger partial charge in [0.1, 0.15) is 11.8 Å². The van der Waals surface area contributed by atoms with Crippen LogP contribution in [0.25, 0.3) is 11.6 Å². The third kappa shape index (κ3) is 2.04. The number of nitrogens with two attached hydrogens (primary N) is 1. The van der Waals surface area contributed by atoms with E-state index in [9.17, 15) is 4.79 Å². The highest BCUT2D eigenvalue weighted by Crippen LogP contribution is 2.26. The Morgan fingerprint density at radius 2 is 2.40 bits per heavy atom. The summed E-state index contributed by atoms with van der Waals surface area (Å²) >= 11 is 1.21. The highest BCUT2D eigenvalue weighted by atomic mass is 32.1. The van der Waals surface area contributed by atoms with Gasteiger partial charge in [-0.05, 0) is 6.42 Å². The molecule has 0 atom stereocenters. The summed E-state index contributed by atoms with van der Waals surface area (Å²) in [6.45, 7) is 0.765. The molecule has 3 heterocycles. The molecule has 0 radical (unpaired) electrons. The molecular weight excluding hydrogens is 278 g/mol. The van der Waals surface area contributed by atoms with Gasteiger partial charge in [0.15, 0.2) is 5.01 Å². The van der Waals surface area contributed by atoms with Crippen LogP contribution in [-0.4, -0.2) is 22.3 Å². The quantitative estimate of drug-likeness (QED) is 0.817. The van der Waals surface area contributed by atoms with E-state index in [0.29, 0.717) is 22.7 Å². The number of carbonyl (C=O) groups excluding carboxylic acids is 1. The minimum Gasteiger partial charge on any atom is -0.418 e. The number of Topliss-reactive ketones (excluding diaryl/α,β-unsaturated/α-hetero) is 1. The smallest absolute Gasteiger partial charge is 0.249 e. The monoisotopic (exact) mass is 287 g/mol. The summed E-state index contributed by atoms with van der Waals surface area (Å²) in [4.78, 5) is 20.2. The van der Waals surface area contributed by atoms with Gasteiger partial charge in [-0.3, -0.25) is 4.79 Å². The maximum Gasteiger partial charge on any atom is 0.249 e. The lowest BCUT2D eigenvalue weighted by Crippen LogP contribution is -2.01. The summed E-state index contributed by atoms with van der Waals surface area (Å²) in [6.07, 6.45) is 2.40. The Morgan fingerprint density at radius 3 is 3.05 bits per heavy atom. The largest absolute Gasteiger partial charge is 0.418 e. The molecular formula is C12H9N5O2S. The highest BCUT2D eigenvalue weighted by Gasteiger charge is 2.21. The van der Waals surface area contributed by atoms with E-state index in [-0.39, 0.29) is 23.3 Å². The molecule has 0 amide bonds. The zero-order valence-electron chi connectivity index (χ0n) is 10.2. The summed E-state index contributed by atoms with van der Waals surface area (Å²) in [5.41, 5.74) is 6.62. The lowest BCUT2D eigenvalue weighted by atomic mass is 10.1. The maximum absolute atomic E-state index is 12.1. The van der Waals surface area contributed by atoms with E-state index in [1.807, 2.05) is 6.07 Å². The third-order valence-corrected chi connectivity index (χ3v) is 3.62. The number of nitrogen functional groups attached to an aromatic ring is 1. The van der Waals surface area contributed by atoms with Gasteiger partial charge in [-0.15, -0.1) is 11.3 Å². The number of carbonyl (C=O) groups is 1. The first-order valence-corrected chi connectivity index (χ1v) is 6.66. The SMILES string of the molecule is N#Cc1nc(-c2csc(C(=O)C3=CNCC3)n2)oc1N. The molecule has 8 heteroatoms. The first-order chi connectivity index (χ1) is 9.69. The van der Waals surface area contributed by atoms with Crippen molar-refractivity contribution >= 4 is 23.0 Å². The number of ketones is 1. The molecule has 100 valence electrons. The van der Waals surface area contributed by atoms with Crippen molar-refractivity contribution in [1.29, 1.82) is 5.26 Å². The molecule has 1 aliphatic rings. The van der Waals surface area contributed by atoms with Crippen LogP contribution in [0.5, 0.6) is 0 Å². The molecule has 0 aliphatic carbocycles. The van der Waals surface area contributed by atoms with E-state index < -0.39 is 0 Å². The van der Waals surface area contributed by atoms with Crippen LogP contribution >= 0.6 is 11.3 Å². The van der Waals surface area contributed by atoms with Gasteiger partial charge >= 0.3 is 0 Å². The van der Waals surface area contributed by atoms with Crippen LogP contribution in [0, 0.1) is 11.3 Å². The fraction of sp³-hybridized carbons (Fsp3) is 0.167. The van der Waals surface area contributed by atoms with Crippen molar-refractivity contribution in [3.63, 3.8) is 0 Å². The van der Waals surface area contributed by atoms with Crippen LogP contribution in [-0.2, 0) is 0 Å². The molecule has 2 aromatic rings. The summed E-state index contributed by atoms with van der Waals surface area (Å²) in [5, 5.41) is 13.8. The maximum atomic E-state index is 12.1. The fourth-order valence-electron chi connectivity index (χ4n) is 1.79. The average molecular weight is 287 g/mol. The van der Waals surface area contributed by atoms with Gasteiger partial charge < -0.3 is 15.5 Å². The van der Waals surface area contributed by atoms with Crippen LogP contribution in [0.15, 0.2) is 21.6 Å². The second kappa shape index (κ2) is 4.79. The van der Waals surface area contributed by atoms with Gasteiger partial charge in [-0.2, -0.15) is 10.2 Å². The van der Waals surface area contributed by atoms with Crippen molar-refractivity contribution in [3.05, 3.63) is 27.9 Å².